The van der Waals surface area contributed by atoms with Crippen LogP contribution < -0.4 is 9.47 Å². The maximum atomic E-state index is 12.0. The van der Waals surface area contributed by atoms with Gasteiger partial charge >= 0.3 is 0 Å². The molecule has 0 saturated heterocycles. The van der Waals surface area contributed by atoms with Gasteiger partial charge in [0.2, 0.25) is 5.78 Å². The number of hydrogen-bond acceptors (Lipinski definition) is 3. The van der Waals surface area contributed by atoms with Crippen LogP contribution in [0.4, 0.5) is 0 Å². The first-order valence-electron chi connectivity index (χ1n) is 6.71. The summed E-state index contributed by atoms with van der Waals surface area (Å²) < 4.78 is 13.0. The van der Waals surface area contributed by atoms with Crippen molar-refractivity contribution in [3.63, 3.8) is 0 Å². The first-order valence-corrected chi connectivity index (χ1v) is 6.71. The van der Waals surface area contributed by atoms with Crippen molar-refractivity contribution in [1.82, 2.24) is 4.57 Å². The zero-order chi connectivity index (χ0) is 14.4. The molecule has 4 heteroatoms. The highest BCUT2D eigenvalue weighted by Gasteiger charge is 2.11. The largest absolute Gasteiger partial charge is 0.490 e. The molecule has 0 atom stereocenters. The summed E-state index contributed by atoms with van der Waals surface area (Å²) in [6, 6.07) is 11.0. The molecule has 106 valence electrons. The standard InChI is InChI=1S/C16H19NO3/c1-3-11-19-15-8-4-5-9-16(15)20-12-14(18)13-7-6-10-17(13)2/h4-10H,3,11-12H2,1-2H3. The summed E-state index contributed by atoms with van der Waals surface area (Å²) in [4.78, 5) is 12.0. The van der Waals surface area contributed by atoms with Crippen molar-refractivity contribution in [3.8, 4) is 11.5 Å². The minimum Gasteiger partial charge on any atom is -0.490 e. The third-order valence-electron chi connectivity index (χ3n) is 2.90. The summed E-state index contributed by atoms with van der Waals surface area (Å²) in [6.45, 7) is 2.68. The third-order valence-corrected chi connectivity index (χ3v) is 2.90. The van der Waals surface area contributed by atoms with Gasteiger partial charge in [0.1, 0.15) is 0 Å². The maximum Gasteiger partial charge on any atom is 0.216 e. The fourth-order valence-electron chi connectivity index (χ4n) is 1.87. The fraction of sp³-hybridized carbons (Fsp3) is 0.312. The summed E-state index contributed by atoms with van der Waals surface area (Å²) in [5.41, 5.74) is 0.636. The number of carbonyl (C=O) groups excluding carboxylic acids is 1. The lowest BCUT2D eigenvalue weighted by Crippen LogP contribution is -2.15. The second kappa shape index (κ2) is 6.80. The van der Waals surface area contributed by atoms with E-state index in [2.05, 4.69) is 0 Å². The lowest BCUT2D eigenvalue weighted by molar-refractivity contribution is 0.0910. The van der Waals surface area contributed by atoms with Crippen LogP contribution in [0, 0.1) is 0 Å². The topological polar surface area (TPSA) is 40.5 Å². The van der Waals surface area contributed by atoms with Crippen molar-refractivity contribution in [1.29, 1.82) is 0 Å². The van der Waals surface area contributed by atoms with E-state index in [1.807, 2.05) is 50.5 Å². The number of aromatic nitrogens is 1. The fourth-order valence-corrected chi connectivity index (χ4v) is 1.87. The van der Waals surface area contributed by atoms with Crippen LogP contribution in [0.1, 0.15) is 23.8 Å². The van der Waals surface area contributed by atoms with E-state index in [1.54, 1.807) is 10.6 Å². The highest BCUT2D eigenvalue weighted by atomic mass is 16.5. The Hall–Kier alpha value is -2.23. The molecule has 1 aromatic heterocycles. The Kier molecular flexibility index (Phi) is 4.82. The highest BCUT2D eigenvalue weighted by Crippen LogP contribution is 2.26. The molecule has 0 spiro atoms. The molecule has 0 unspecified atom stereocenters. The Morgan fingerprint density at radius 1 is 1.10 bits per heavy atom. The molecule has 0 amide bonds. The third kappa shape index (κ3) is 3.41. The lowest BCUT2D eigenvalue weighted by Gasteiger charge is -2.11. The van der Waals surface area contributed by atoms with Gasteiger partial charge in [-0.1, -0.05) is 19.1 Å². The Morgan fingerprint density at radius 3 is 2.40 bits per heavy atom. The average Bonchev–Trinajstić information content (AvgIpc) is 2.89. The van der Waals surface area contributed by atoms with E-state index in [0.29, 0.717) is 23.8 Å². The van der Waals surface area contributed by atoms with Gasteiger partial charge in [0.25, 0.3) is 0 Å². The second-order valence-electron chi connectivity index (χ2n) is 4.51. The number of ketones is 1. The van der Waals surface area contributed by atoms with E-state index in [4.69, 9.17) is 9.47 Å². The number of Topliss-reactive ketones (excluding diaryl/α,β-unsaturated/α-hetero) is 1. The van der Waals surface area contributed by atoms with Crippen molar-refractivity contribution < 1.29 is 14.3 Å². The molecule has 1 heterocycles. The molecule has 0 N–H and O–H groups in total. The molecule has 1 aromatic carbocycles. The summed E-state index contributed by atoms with van der Waals surface area (Å²) in [5.74, 6) is 1.22. The zero-order valence-corrected chi connectivity index (χ0v) is 11.8. The van der Waals surface area contributed by atoms with Crippen LogP contribution in [-0.4, -0.2) is 23.6 Å². The zero-order valence-electron chi connectivity index (χ0n) is 11.8. The van der Waals surface area contributed by atoms with Crippen LogP contribution in [-0.2, 0) is 7.05 Å². The summed E-state index contributed by atoms with van der Waals surface area (Å²) >= 11 is 0. The van der Waals surface area contributed by atoms with Gasteiger partial charge in [-0.05, 0) is 30.7 Å². The quantitative estimate of drug-likeness (QED) is 0.728. The number of hydrogen-bond donors (Lipinski definition) is 0. The van der Waals surface area contributed by atoms with Crippen LogP contribution in [0.5, 0.6) is 11.5 Å². The minimum atomic E-state index is -0.0530. The number of nitrogens with zero attached hydrogens (tertiary/aromatic N) is 1. The average molecular weight is 273 g/mol. The Balaban J connectivity index is 2.00. The van der Waals surface area contributed by atoms with Crippen molar-refractivity contribution in [3.05, 3.63) is 48.3 Å². The highest BCUT2D eigenvalue weighted by molar-refractivity contribution is 5.95. The summed E-state index contributed by atoms with van der Waals surface area (Å²) in [7, 11) is 1.84. The summed E-state index contributed by atoms with van der Waals surface area (Å²) in [5, 5.41) is 0. The maximum absolute atomic E-state index is 12.0. The van der Waals surface area contributed by atoms with Crippen LogP contribution in [0.3, 0.4) is 0 Å². The van der Waals surface area contributed by atoms with Gasteiger partial charge in [0.05, 0.1) is 12.3 Å². The number of benzene rings is 1. The number of para-hydroxylation sites is 2. The molecular weight excluding hydrogens is 254 g/mol. The number of aryl methyl sites for hydroxylation is 1. The number of rotatable bonds is 7. The van der Waals surface area contributed by atoms with Crippen LogP contribution in [0.2, 0.25) is 0 Å². The molecule has 0 aliphatic rings. The first kappa shape index (κ1) is 14.2. The molecule has 0 saturated carbocycles. The molecule has 4 nitrogen and oxygen atoms in total. The van der Waals surface area contributed by atoms with Crippen LogP contribution >= 0.6 is 0 Å². The molecule has 0 aliphatic heterocycles. The van der Waals surface area contributed by atoms with Crippen molar-refractivity contribution in [2.24, 2.45) is 7.05 Å². The molecule has 0 radical (unpaired) electrons. The van der Waals surface area contributed by atoms with E-state index < -0.39 is 0 Å². The number of carbonyl (C=O) groups is 1. The monoisotopic (exact) mass is 273 g/mol. The second-order valence-corrected chi connectivity index (χ2v) is 4.51. The van der Waals surface area contributed by atoms with Gasteiger partial charge in [-0.25, -0.2) is 0 Å². The predicted octanol–water partition coefficient (Wildman–Crippen LogP) is 3.08. The number of ether oxygens (including phenoxy) is 2. The van der Waals surface area contributed by atoms with Crippen molar-refractivity contribution >= 4 is 5.78 Å². The molecule has 0 bridgehead atoms. The Morgan fingerprint density at radius 2 is 1.80 bits per heavy atom. The molecular formula is C16H19NO3. The van der Waals surface area contributed by atoms with E-state index in [1.165, 1.54) is 0 Å². The van der Waals surface area contributed by atoms with E-state index >= 15 is 0 Å². The van der Waals surface area contributed by atoms with E-state index in [9.17, 15) is 4.79 Å². The SMILES string of the molecule is CCCOc1ccccc1OCC(=O)c1cccn1C. The molecule has 2 rings (SSSR count). The molecule has 0 fully saturated rings. The smallest absolute Gasteiger partial charge is 0.216 e. The van der Waals surface area contributed by atoms with Gasteiger partial charge in [-0.3, -0.25) is 4.79 Å². The Labute approximate surface area is 118 Å². The van der Waals surface area contributed by atoms with Gasteiger partial charge < -0.3 is 14.0 Å². The van der Waals surface area contributed by atoms with Crippen LogP contribution in [0.15, 0.2) is 42.6 Å². The molecule has 20 heavy (non-hydrogen) atoms. The van der Waals surface area contributed by atoms with Gasteiger partial charge in [-0.15, -0.1) is 0 Å². The first-order chi connectivity index (χ1) is 9.72. The van der Waals surface area contributed by atoms with Crippen LogP contribution in [0.25, 0.3) is 0 Å². The van der Waals surface area contributed by atoms with Crippen molar-refractivity contribution in [2.45, 2.75) is 13.3 Å². The van der Waals surface area contributed by atoms with E-state index in [0.717, 1.165) is 6.42 Å². The van der Waals surface area contributed by atoms with Gasteiger partial charge in [0, 0.05) is 13.2 Å². The summed E-state index contributed by atoms with van der Waals surface area (Å²) in [6.07, 6.45) is 2.77. The normalized spacial score (nSPS) is 10.3. The van der Waals surface area contributed by atoms with Gasteiger partial charge in [-0.2, -0.15) is 0 Å². The van der Waals surface area contributed by atoms with Gasteiger partial charge in [0.15, 0.2) is 18.1 Å². The lowest BCUT2D eigenvalue weighted by atomic mass is 10.3. The molecule has 0 aliphatic carbocycles. The van der Waals surface area contributed by atoms with Crippen molar-refractivity contribution in [2.75, 3.05) is 13.2 Å². The Bertz CT molecular complexity index is 575. The molecule has 2 aromatic rings. The minimum absolute atomic E-state index is 0.00432. The predicted molar refractivity (Wildman–Crippen MR) is 77.5 cm³/mol. The van der Waals surface area contributed by atoms with E-state index in [-0.39, 0.29) is 12.4 Å².